The fourth-order valence-corrected chi connectivity index (χ4v) is 2.40. The summed E-state index contributed by atoms with van der Waals surface area (Å²) in [6.45, 7) is 6.76. The molecule has 3 N–H and O–H groups in total. The minimum atomic E-state index is -2.55. The molecule has 0 spiro atoms. The quantitative estimate of drug-likeness (QED) is 0.760. The summed E-state index contributed by atoms with van der Waals surface area (Å²) in [7, 11) is 0. The minimum Gasteiger partial charge on any atom is -0.383 e. The third-order valence-electron chi connectivity index (χ3n) is 3.60. The van der Waals surface area contributed by atoms with Gasteiger partial charge in [-0.3, -0.25) is 0 Å². The van der Waals surface area contributed by atoms with E-state index < -0.39 is 13.0 Å². The summed E-state index contributed by atoms with van der Waals surface area (Å²) in [5, 5.41) is 17.1. The lowest BCUT2D eigenvalue weighted by molar-refractivity contribution is 0.163. The first-order chi connectivity index (χ1) is 12.4. The van der Waals surface area contributed by atoms with Crippen molar-refractivity contribution in [3.05, 3.63) is 47.2 Å². The van der Waals surface area contributed by atoms with Gasteiger partial charge in [0.2, 0.25) is 0 Å². The van der Waals surface area contributed by atoms with Crippen LogP contribution in [0.5, 0.6) is 0 Å². The number of aliphatic imine (C=N–C) groups is 1. The highest BCUT2D eigenvalue weighted by Gasteiger charge is 2.22. The number of nitriles is 1. The number of hydrazone groups is 1. The molecule has 7 nitrogen and oxygen atoms in total. The first kappa shape index (κ1) is 19.1. The number of halogens is 2. The van der Waals surface area contributed by atoms with Crippen molar-refractivity contribution >= 4 is 17.7 Å². The van der Waals surface area contributed by atoms with Crippen LogP contribution in [0.25, 0.3) is 0 Å². The normalized spacial score (nSPS) is 14.8. The van der Waals surface area contributed by atoms with E-state index in [0.29, 0.717) is 35.0 Å². The number of nitrogens with one attached hydrogen (secondary N) is 1. The lowest BCUT2D eigenvalue weighted by Gasteiger charge is -2.26. The van der Waals surface area contributed by atoms with Gasteiger partial charge in [-0.1, -0.05) is 6.58 Å². The number of aromatic nitrogens is 1. The van der Waals surface area contributed by atoms with Crippen LogP contribution in [0.1, 0.15) is 25.1 Å². The van der Waals surface area contributed by atoms with Crippen LogP contribution in [0, 0.1) is 11.3 Å². The van der Waals surface area contributed by atoms with Gasteiger partial charge in [-0.15, -0.1) is 0 Å². The molecule has 0 atom stereocenters. The van der Waals surface area contributed by atoms with Gasteiger partial charge in [-0.2, -0.15) is 10.4 Å². The van der Waals surface area contributed by atoms with Crippen molar-refractivity contribution in [2.75, 3.05) is 11.9 Å². The molecule has 0 fully saturated rings. The van der Waals surface area contributed by atoms with Gasteiger partial charge in [0.05, 0.1) is 12.1 Å². The Bertz CT molecular complexity index is 834. The number of alkyl halides is 2. The number of pyridine rings is 1. The zero-order chi connectivity index (χ0) is 19.3. The first-order valence-corrected chi connectivity index (χ1v) is 7.81. The van der Waals surface area contributed by atoms with Crippen molar-refractivity contribution in [3.8, 4) is 6.07 Å². The smallest absolute Gasteiger partial charge is 0.255 e. The molecule has 136 valence electrons. The number of nitrogens with two attached hydrogens (primary N) is 1. The van der Waals surface area contributed by atoms with Crippen LogP contribution in [0.3, 0.4) is 0 Å². The molecule has 26 heavy (non-hydrogen) atoms. The Labute approximate surface area is 150 Å². The number of rotatable bonds is 6. The molecule has 9 heteroatoms. The zero-order valence-electron chi connectivity index (χ0n) is 14.5. The summed E-state index contributed by atoms with van der Waals surface area (Å²) in [6.07, 6.45) is -0.679. The van der Waals surface area contributed by atoms with Gasteiger partial charge in [0.15, 0.2) is 0 Å². The van der Waals surface area contributed by atoms with Gasteiger partial charge < -0.3 is 11.1 Å². The maximum Gasteiger partial charge on any atom is 0.255 e. The molecule has 1 aromatic rings. The summed E-state index contributed by atoms with van der Waals surface area (Å²) < 4.78 is 24.9. The molecule has 0 amide bonds. The monoisotopic (exact) mass is 359 g/mol. The maximum atomic E-state index is 12.4. The summed E-state index contributed by atoms with van der Waals surface area (Å²) in [5.41, 5.74) is 8.30. The molecule has 1 aromatic heterocycles. The van der Waals surface area contributed by atoms with Crippen LogP contribution < -0.4 is 11.1 Å². The summed E-state index contributed by atoms with van der Waals surface area (Å²) >= 11 is 0. The van der Waals surface area contributed by atoms with E-state index in [1.54, 1.807) is 26.1 Å². The first-order valence-electron chi connectivity index (χ1n) is 7.81. The van der Waals surface area contributed by atoms with Gasteiger partial charge in [-0.05, 0) is 26.0 Å². The molecule has 1 aliphatic heterocycles. The third-order valence-corrected chi connectivity index (χ3v) is 3.60. The summed E-state index contributed by atoms with van der Waals surface area (Å²) in [4.78, 5) is 8.61. The van der Waals surface area contributed by atoms with E-state index in [1.807, 2.05) is 6.07 Å². The van der Waals surface area contributed by atoms with E-state index in [4.69, 9.17) is 11.0 Å². The van der Waals surface area contributed by atoms with Crippen molar-refractivity contribution in [1.82, 2.24) is 9.99 Å². The molecule has 0 saturated heterocycles. The van der Waals surface area contributed by atoms with Gasteiger partial charge in [0, 0.05) is 29.6 Å². The van der Waals surface area contributed by atoms with E-state index in [9.17, 15) is 8.78 Å². The Morgan fingerprint density at radius 3 is 2.85 bits per heavy atom. The van der Waals surface area contributed by atoms with Crippen LogP contribution in [0.4, 0.5) is 14.6 Å². The molecule has 0 aliphatic carbocycles. The Hall–Kier alpha value is -3.28. The Balaban J connectivity index is 2.34. The molecular weight excluding hydrogens is 340 g/mol. The second-order valence-electron chi connectivity index (χ2n) is 5.42. The number of allylic oxidation sites excluding steroid dienone is 1. The highest BCUT2D eigenvalue weighted by Crippen LogP contribution is 2.24. The second kappa shape index (κ2) is 8.20. The highest BCUT2D eigenvalue weighted by atomic mass is 19.3. The van der Waals surface area contributed by atoms with Gasteiger partial charge in [-0.25, -0.2) is 23.8 Å². The molecule has 0 saturated carbocycles. The molecule has 0 bridgehead atoms. The minimum absolute atomic E-state index is 0.114. The van der Waals surface area contributed by atoms with E-state index in [1.165, 1.54) is 11.1 Å². The zero-order valence-corrected chi connectivity index (χ0v) is 14.5. The Morgan fingerprint density at radius 2 is 2.23 bits per heavy atom. The number of nitrogens with zero attached hydrogens (tertiary/aromatic N) is 5. The van der Waals surface area contributed by atoms with Crippen molar-refractivity contribution < 1.29 is 8.78 Å². The van der Waals surface area contributed by atoms with E-state index in [-0.39, 0.29) is 11.4 Å². The van der Waals surface area contributed by atoms with Crippen LogP contribution in [-0.2, 0) is 6.42 Å². The van der Waals surface area contributed by atoms with Crippen molar-refractivity contribution in [2.24, 2.45) is 15.8 Å². The third kappa shape index (κ3) is 4.22. The molecule has 2 rings (SSSR count). The second-order valence-corrected chi connectivity index (χ2v) is 5.42. The maximum absolute atomic E-state index is 12.4. The van der Waals surface area contributed by atoms with E-state index >= 15 is 0 Å². The van der Waals surface area contributed by atoms with Crippen molar-refractivity contribution in [1.29, 1.82) is 5.26 Å². The van der Waals surface area contributed by atoms with Gasteiger partial charge in [0.1, 0.15) is 23.5 Å². The molecule has 0 radical (unpaired) electrons. The van der Waals surface area contributed by atoms with E-state index in [2.05, 4.69) is 27.0 Å². The summed E-state index contributed by atoms with van der Waals surface area (Å²) in [6, 6.07) is 5.11. The Kier molecular flexibility index (Phi) is 6.01. The number of anilines is 1. The van der Waals surface area contributed by atoms with Crippen LogP contribution >= 0.6 is 0 Å². The van der Waals surface area contributed by atoms with E-state index in [0.717, 1.165) is 0 Å². The van der Waals surface area contributed by atoms with Crippen LogP contribution in [0.15, 0.2) is 46.0 Å². The molecule has 1 aliphatic rings. The lowest BCUT2D eigenvalue weighted by atomic mass is 10.0. The average molecular weight is 359 g/mol. The van der Waals surface area contributed by atoms with Crippen molar-refractivity contribution in [2.45, 2.75) is 26.7 Å². The molecule has 2 heterocycles. The topological polar surface area (TPSA) is 103 Å². The average Bonchev–Trinajstić information content (AvgIpc) is 2.60. The van der Waals surface area contributed by atoms with Crippen LogP contribution in [0.2, 0.25) is 0 Å². The standard InChI is InChI=1S/C17H19F2N7/c1-4-23-26-11(3)24-10(2)14(16(26)21)7-13-6-5-12(8-20)17(25-13)22-9-15(18)19/h4-6,15H,3,7,9,21H2,1-2H3,(H,22,25)/b23-4-. The largest absolute Gasteiger partial charge is 0.383 e. The molecule has 0 aromatic carbocycles. The predicted molar refractivity (Wildman–Crippen MR) is 96.6 cm³/mol. The number of hydrogen-bond acceptors (Lipinski definition) is 7. The number of hydrogen-bond donors (Lipinski definition) is 2. The lowest BCUT2D eigenvalue weighted by Crippen LogP contribution is -2.30. The fourth-order valence-electron chi connectivity index (χ4n) is 2.40. The Morgan fingerprint density at radius 1 is 1.50 bits per heavy atom. The van der Waals surface area contributed by atoms with Crippen LogP contribution in [-0.4, -0.2) is 34.9 Å². The predicted octanol–water partition coefficient (Wildman–Crippen LogP) is 2.60. The molecular formula is C17H19F2N7. The summed E-state index contributed by atoms with van der Waals surface area (Å²) in [5.74, 6) is 0.880. The van der Waals surface area contributed by atoms with Gasteiger partial charge >= 0.3 is 0 Å². The highest BCUT2D eigenvalue weighted by molar-refractivity contribution is 6.00. The van der Waals surface area contributed by atoms with Gasteiger partial charge in [0.25, 0.3) is 6.43 Å². The fraction of sp³-hybridized carbons (Fsp3) is 0.294. The SMILES string of the molecule is C=C1N=C(C)C(Cc2ccc(C#N)c(NCC(F)F)n2)=C(N)N1/N=C\C. The van der Waals surface area contributed by atoms with Crippen molar-refractivity contribution in [3.63, 3.8) is 0 Å². The molecule has 0 unspecified atom stereocenters.